The van der Waals surface area contributed by atoms with Crippen molar-refractivity contribution in [3.63, 3.8) is 0 Å². The molecule has 0 unspecified atom stereocenters. The van der Waals surface area contributed by atoms with Gasteiger partial charge in [-0.2, -0.15) is 0 Å². The average Bonchev–Trinajstić information content (AvgIpc) is 3.35. The molecule has 1 saturated heterocycles. The molecule has 5 rings (SSSR count). The van der Waals surface area contributed by atoms with Gasteiger partial charge in [0, 0.05) is 49.9 Å². The van der Waals surface area contributed by atoms with Gasteiger partial charge in [0.1, 0.15) is 17.4 Å². The van der Waals surface area contributed by atoms with Gasteiger partial charge >= 0.3 is 5.69 Å². The first-order valence-electron chi connectivity index (χ1n) is 10.9. The normalized spacial score (nSPS) is 17.8. The van der Waals surface area contributed by atoms with Crippen LogP contribution in [0.15, 0.2) is 65.8 Å². The van der Waals surface area contributed by atoms with Crippen molar-refractivity contribution in [1.82, 2.24) is 14.1 Å². The smallest absolute Gasteiger partial charge is 0.332 e. The highest BCUT2D eigenvalue weighted by molar-refractivity contribution is 6.32. The molecule has 2 aromatic carbocycles. The summed E-state index contributed by atoms with van der Waals surface area (Å²) in [6.07, 6.45) is 2.97. The van der Waals surface area contributed by atoms with E-state index in [1.165, 1.54) is 27.5 Å². The maximum atomic E-state index is 14.7. The van der Waals surface area contributed by atoms with Gasteiger partial charge in [0.05, 0.1) is 22.9 Å². The maximum Gasteiger partial charge on any atom is 0.332 e. The second kappa shape index (κ2) is 8.84. The van der Waals surface area contributed by atoms with E-state index in [2.05, 4.69) is 4.98 Å². The van der Waals surface area contributed by atoms with Gasteiger partial charge in [0.15, 0.2) is 0 Å². The van der Waals surface area contributed by atoms with E-state index in [1.807, 2.05) is 0 Å². The van der Waals surface area contributed by atoms with Crippen LogP contribution in [0.1, 0.15) is 0 Å². The molecule has 0 saturated carbocycles. The highest BCUT2D eigenvalue weighted by Crippen LogP contribution is 2.41. The number of aliphatic hydroxyl groups excluding tert-OH is 2. The fourth-order valence-electron chi connectivity index (χ4n) is 4.27. The first-order chi connectivity index (χ1) is 16.7. The molecule has 2 atom stereocenters. The van der Waals surface area contributed by atoms with E-state index in [-0.39, 0.29) is 40.7 Å². The summed E-state index contributed by atoms with van der Waals surface area (Å²) in [6.45, 7) is 0.431. The summed E-state index contributed by atoms with van der Waals surface area (Å²) in [6, 6.07) is 10.6. The first-order valence-corrected chi connectivity index (χ1v) is 11.2. The number of benzene rings is 2. The molecule has 0 bridgehead atoms. The standard InChI is InChI=1S/C25H22ClFN4O4/c1-29-6-7-31(25(29)35)20-3-2-14(8-19(20)26)17-10-16(27)11-18(24(17)34)15-4-5-28-23(9-15)30-12-21(32)22(33)13-30/h2-11,21-22,32-34H,12-13H2,1H3/t21-,22+. The third kappa shape index (κ3) is 4.18. The Hall–Kier alpha value is -3.66. The van der Waals surface area contributed by atoms with E-state index in [4.69, 9.17) is 11.6 Å². The topological polar surface area (TPSA) is 104 Å². The predicted molar refractivity (Wildman–Crippen MR) is 131 cm³/mol. The van der Waals surface area contributed by atoms with Crippen LogP contribution in [0.3, 0.4) is 0 Å². The summed E-state index contributed by atoms with van der Waals surface area (Å²) < 4.78 is 17.5. The van der Waals surface area contributed by atoms with Crippen molar-refractivity contribution in [2.45, 2.75) is 12.2 Å². The minimum absolute atomic E-state index is 0.147. The number of halogens is 2. The summed E-state index contributed by atoms with van der Waals surface area (Å²) in [5.41, 5.74) is 1.68. The Balaban J connectivity index is 1.54. The molecule has 10 heteroatoms. The first kappa shape index (κ1) is 23.1. The Kier molecular flexibility index (Phi) is 5.84. The molecular formula is C25H22ClFN4O4. The molecule has 0 spiro atoms. The van der Waals surface area contributed by atoms with E-state index in [1.54, 1.807) is 54.7 Å². The minimum Gasteiger partial charge on any atom is -0.507 e. The van der Waals surface area contributed by atoms with Crippen LogP contribution in [-0.2, 0) is 7.05 Å². The molecular weight excluding hydrogens is 475 g/mol. The highest BCUT2D eigenvalue weighted by atomic mass is 35.5. The highest BCUT2D eigenvalue weighted by Gasteiger charge is 2.30. The molecule has 35 heavy (non-hydrogen) atoms. The van der Waals surface area contributed by atoms with Gasteiger partial charge in [-0.3, -0.25) is 4.57 Å². The van der Waals surface area contributed by atoms with E-state index >= 15 is 0 Å². The number of anilines is 1. The number of phenols is 1. The molecule has 3 N–H and O–H groups in total. The van der Waals surface area contributed by atoms with Gasteiger partial charge in [0.2, 0.25) is 0 Å². The van der Waals surface area contributed by atoms with Gasteiger partial charge < -0.3 is 24.8 Å². The number of aromatic nitrogens is 3. The second-order valence-electron chi connectivity index (χ2n) is 8.52. The van der Waals surface area contributed by atoms with Crippen LogP contribution < -0.4 is 10.6 Å². The van der Waals surface area contributed by atoms with Crippen LogP contribution in [0.25, 0.3) is 27.9 Å². The van der Waals surface area contributed by atoms with E-state index < -0.39 is 18.0 Å². The van der Waals surface area contributed by atoms with Crippen molar-refractivity contribution >= 4 is 17.4 Å². The average molecular weight is 497 g/mol. The predicted octanol–water partition coefficient (Wildman–Crippen LogP) is 2.94. The SMILES string of the molecule is Cn1ccn(-c2ccc(-c3cc(F)cc(-c4ccnc(N5C[C@@H](O)[C@@H](O)C5)c4)c3O)cc2Cl)c1=O. The summed E-state index contributed by atoms with van der Waals surface area (Å²) in [7, 11) is 1.63. The number of β-amino-alcohol motifs (C(OH)–C–C–N with tert-alkyl or cyclic N) is 2. The molecule has 1 fully saturated rings. The van der Waals surface area contributed by atoms with E-state index in [0.717, 1.165) is 0 Å². The number of pyridine rings is 1. The molecule has 0 aliphatic carbocycles. The molecule has 1 aliphatic rings. The van der Waals surface area contributed by atoms with Crippen LogP contribution in [0.4, 0.5) is 10.2 Å². The molecule has 3 heterocycles. The molecule has 2 aromatic heterocycles. The number of hydrogen-bond acceptors (Lipinski definition) is 6. The Labute approximate surface area is 204 Å². The third-order valence-corrected chi connectivity index (χ3v) is 6.48. The van der Waals surface area contributed by atoms with Crippen LogP contribution in [0.5, 0.6) is 5.75 Å². The molecule has 4 aromatic rings. The summed E-state index contributed by atoms with van der Waals surface area (Å²) in [5, 5.41) is 31.1. The van der Waals surface area contributed by atoms with Gasteiger partial charge in [-0.25, -0.2) is 14.2 Å². The third-order valence-electron chi connectivity index (χ3n) is 6.18. The van der Waals surface area contributed by atoms with Crippen molar-refractivity contribution in [3.05, 3.63) is 82.4 Å². The Morgan fingerprint density at radius 3 is 2.26 bits per heavy atom. The number of nitrogens with zero attached hydrogens (tertiary/aromatic N) is 4. The zero-order chi connectivity index (χ0) is 24.9. The molecule has 0 radical (unpaired) electrons. The second-order valence-corrected chi connectivity index (χ2v) is 8.93. The zero-order valence-corrected chi connectivity index (χ0v) is 19.4. The summed E-state index contributed by atoms with van der Waals surface area (Å²) in [5.74, 6) is -0.215. The maximum absolute atomic E-state index is 14.7. The number of rotatable bonds is 4. The van der Waals surface area contributed by atoms with Crippen LogP contribution in [0, 0.1) is 5.82 Å². The zero-order valence-electron chi connectivity index (χ0n) is 18.6. The molecule has 180 valence electrons. The van der Waals surface area contributed by atoms with Crippen LogP contribution in [0.2, 0.25) is 5.02 Å². The lowest BCUT2D eigenvalue weighted by atomic mass is 9.97. The molecule has 8 nitrogen and oxygen atoms in total. The Bertz CT molecular complexity index is 1470. The number of aryl methyl sites for hydroxylation is 1. The fourth-order valence-corrected chi connectivity index (χ4v) is 4.54. The molecule has 1 aliphatic heterocycles. The molecule has 0 amide bonds. The van der Waals surface area contributed by atoms with Gasteiger partial charge in [-0.05, 0) is 47.5 Å². The Morgan fingerprint density at radius 1 is 1.00 bits per heavy atom. The lowest BCUT2D eigenvalue weighted by Gasteiger charge is -2.18. The van der Waals surface area contributed by atoms with Crippen molar-refractivity contribution in [2.24, 2.45) is 7.05 Å². The number of imidazole rings is 1. The summed E-state index contributed by atoms with van der Waals surface area (Å²) >= 11 is 6.46. The number of aliphatic hydroxyl groups is 2. The van der Waals surface area contributed by atoms with Crippen LogP contribution >= 0.6 is 11.6 Å². The monoisotopic (exact) mass is 496 g/mol. The summed E-state index contributed by atoms with van der Waals surface area (Å²) in [4.78, 5) is 18.3. The van der Waals surface area contributed by atoms with Crippen LogP contribution in [-0.4, -0.2) is 54.7 Å². The number of hydrogen-bond donors (Lipinski definition) is 3. The van der Waals surface area contributed by atoms with Gasteiger partial charge in [0.25, 0.3) is 0 Å². The Morgan fingerprint density at radius 2 is 1.66 bits per heavy atom. The lowest BCUT2D eigenvalue weighted by Crippen LogP contribution is -2.22. The van der Waals surface area contributed by atoms with Gasteiger partial charge in [-0.1, -0.05) is 17.7 Å². The lowest BCUT2D eigenvalue weighted by molar-refractivity contribution is 0.0572. The van der Waals surface area contributed by atoms with Crippen molar-refractivity contribution in [2.75, 3.05) is 18.0 Å². The van der Waals surface area contributed by atoms with Crippen molar-refractivity contribution in [3.8, 4) is 33.7 Å². The quantitative estimate of drug-likeness (QED) is 0.401. The number of aromatic hydroxyl groups is 1. The minimum atomic E-state index is -0.880. The van der Waals surface area contributed by atoms with Gasteiger partial charge in [-0.15, -0.1) is 0 Å². The van der Waals surface area contributed by atoms with E-state index in [9.17, 15) is 24.5 Å². The van der Waals surface area contributed by atoms with E-state index in [0.29, 0.717) is 22.6 Å². The number of phenolic OH excluding ortho intramolecular Hbond substituents is 1. The largest absolute Gasteiger partial charge is 0.507 e. The van der Waals surface area contributed by atoms with Crippen molar-refractivity contribution in [1.29, 1.82) is 0 Å². The van der Waals surface area contributed by atoms with Crippen molar-refractivity contribution < 1.29 is 19.7 Å². The fraction of sp³-hybridized carbons (Fsp3) is 0.200.